The molecule has 0 bridgehead atoms. The standard InChI is InChI=1S/C18H12Br2F3NO3/c1-2-26-14(25)7-10-6-13(19)15(20)17(16(10)21)27-12-4-9(8-24)3-11(5-12)18(22)23/h3-6,18H,2,7H2,1H3. The van der Waals surface area contributed by atoms with E-state index in [1.165, 1.54) is 12.1 Å². The Morgan fingerprint density at radius 1 is 1.26 bits per heavy atom. The van der Waals surface area contributed by atoms with E-state index in [0.717, 1.165) is 12.1 Å². The summed E-state index contributed by atoms with van der Waals surface area (Å²) >= 11 is 6.38. The number of carbonyl (C=O) groups excluding carboxylic acids is 1. The Hall–Kier alpha value is -2.05. The first-order valence-electron chi connectivity index (χ1n) is 7.59. The summed E-state index contributed by atoms with van der Waals surface area (Å²) in [5, 5.41) is 8.99. The molecule has 0 heterocycles. The molecule has 0 saturated heterocycles. The Bertz CT molecular complexity index is 914. The van der Waals surface area contributed by atoms with Gasteiger partial charge in [-0.3, -0.25) is 4.79 Å². The molecule has 0 aliphatic rings. The van der Waals surface area contributed by atoms with Gasteiger partial charge < -0.3 is 9.47 Å². The van der Waals surface area contributed by atoms with Crippen LogP contribution in [-0.4, -0.2) is 12.6 Å². The quantitative estimate of drug-likeness (QED) is 0.353. The molecule has 9 heteroatoms. The predicted octanol–water partition coefficient (Wildman–Crippen LogP) is 6.06. The lowest BCUT2D eigenvalue weighted by Gasteiger charge is -2.14. The Balaban J connectivity index is 2.47. The zero-order chi connectivity index (χ0) is 20.1. The number of hydrogen-bond donors (Lipinski definition) is 0. The van der Waals surface area contributed by atoms with E-state index in [9.17, 15) is 18.0 Å². The van der Waals surface area contributed by atoms with Crippen LogP contribution < -0.4 is 4.74 Å². The van der Waals surface area contributed by atoms with E-state index in [-0.39, 0.29) is 40.1 Å². The highest BCUT2D eigenvalue weighted by Gasteiger charge is 2.21. The first kappa shape index (κ1) is 21.3. The van der Waals surface area contributed by atoms with Crippen molar-refractivity contribution in [3.8, 4) is 17.6 Å². The van der Waals surface area contributed by atoms with Gasteiger partial charge in [-0.1, -0.05) is 0 Å². The van der Waals surface area contributed by atoms with E-state index in [1.54, 1.807) is 13.0 Å². The van der Waals surface area contributed by atoms with E-state index in [1.807, 2.05) is 0 Å². The van der Waals surface area contributed by atoms with Gasteiger partial charge in [0.2, 0.25) is 0 Å². The molecule has 0 aliphatic heterocycles. The average molecular weight is 507 g/mol. The number of ether oxygens (including phenoxy) is 2. The fourth-order valence-corrected chi connectivity index (χ4v) is 3.03. The molecule has 0 radical (unpaired) electrons. The Labute approximate surface area is 170 Å². The van der Waals surface area contributed by atoms with Crippen LogP contribution in [0.25, 0.3) is 0 Å². The predicted molar refractivity (Wildman–Crippen MR) is 98.3 cm³/mol. The van der Waals surface area contributed by atoms with Crippen LogP contribution in [0.15, 0.2) is 33.2 Å². The van der Waals surface area contributed by atoms with Crippen molar-refractivity contribution >= 4 is 37.8 Å². The topological polar surface area (TPSA) is 59.3 Å². The molecule has 0 atom stereocenters. The second kappa shape index (κ2) is 9.24. The van der Waals surface area contributed by atoms with Gasteiger partial charge in [0.05, 0.1) is 29.1 Å². The minimum Gasteiger partial charge on any atom is -0.466 e. The van der Waals surface area contributed by atoms with E-state index < -0.39 is 23.8 Å². The van der Waals surface area contributed by atoms with E-state index >= 15 is 0 Å². The van der Waals surface area contributed by atoms with Gasteiger partial charge >= 0.3 is 5.97 Å². The zero-order valence-corrected chi connectivity index (χ0v) is 17.0. The van der Waals surface area contributed by atoms with Gasteiger partial charge in [-0.05, 0) is 63.0 Å². The summed E-state index contributed by atoms with van der Waals surface area (Å²) in [6.45, 7) is 1.78. The first-order valence-corrected chi connectivity index (χ1v) is 9.18. The van der Waals surface area contributed by atoms with Crippen molar-refractivity contribution < 1.29 is 27.4 Å². The summed E-state index contributed by atoms with van der Waals surface area (Å²) in [5.41, 5.74) is -0.479. The second-order valence-electron chi connectivity index (χ2n) is 5.26. The number of hydrogen-bond acceptors (Lipinski definition) is 4. The highest BCUT2D eigenvalue weighted by molar-refractivity contribution is 9.13. The molecule has 0 aliphatic carbocycles. The third kappa shape index (κ3) is 5.23. The molecule has 0 aromatic heterocycles. The van der Waals surface area contributed by atoms with E-state index in [4.69, 9.17) is 14.7 Å². The van der Waals surface area contributed by atoms with Crippen LogP contribution in [0, 0.1) is 17.1 Å². The smallest absolute Gasteiger partial charge is 0.310 e. The summed E-state index contributed by atoms with van der Waals surface area (Å²) in [4.78, 5) is 11.7. The molecule has 0 N–H and O–H groups in total. The minimum atomic E-state index is -2.82. The summed E-state index contributed by atoms with van der Waals surface area (Å²) in [7, 11) is 0. The molecule has 0 spiro atoms. The van der Waals surface area contributed by atoms with Gasteiger partial charge in [0, 0.05) is 15.6 Å². The molecular weight excluding hydrogens is 495 g/mol. The number of nitriles is 1. The summed E-state index contributed by atoms with van der Waals surface area (Å²) < 4.78 is 51.7. The summed E-state index contributed by atoms with van der Waals surface area (Å²) in [5.74, 6) is -1.91. The number of rotatable bonds is 6. The van der Waals surface area contributed by atoms with Gasteiger partial charge in [0.25, 0.3) is 6.43 Å². The van der Waals surface area contributed by atoms with Crippen molar-refractivity contribution in [3.63, 3.8) is 0 Å². The highest BCUT2D eigenvalue weighted by atomic mass is 79.9. The number of alkyl halides is 2. The maximum atomic E-state index is 14.8. The number of benzene rings is 2. The van der Waals surface area contributed by atoms with Crippen molar-refractivity contribution in [2.24, 2.45) is 0 Å². The monoisotopic (exact) mass is 505 g/mol. The Kier molecular flexibility index (Phi) is 7.27. The molecule has 4 nitrogen and oxygen atoms in total. The van der Waals surface area contributed by atoms with Crippen molar-refractivity contribution in [2.45, 2.75) is 19.8 Å². The molecule has 0 unspecified atom stereocenters. The lowest BCUT2D eigenvalue weighted by molar-refractivity contribution is -0.142. The van der Waals surface area contributed by atoms with Gasteiger partial charge in [0.15, 0.2) is 11.6 Å². The van der Waals surface area contributed by atoms with Crippen LogP contribution in [-0.2, 0) is 16.0 Å². The lowest BCUT2D eigenvalue weighted by Crippen LogP contribution is -2.09. The number of halogens is 5. The van der Waals surface area contributed by atoms with Crippen molar-refractivity contribution in [1.29, 1.82) is 5.26 Å². The zero-order valence-electron chi connectivity index (χ0n) is 13.9. The second-order valence-corrected chi connectivity index (χ2v) is 6.91. The SMILES string of the molecule is CCOC(=O)Cc1cc(Br)c(Br)c(Oc2cc(C#N)cc(C(F)F)c2)c1F. The molecule has 27 heavy (non-hydrogen) atoms. The third-order valence-corrected chi connectivity index (χ3v) is 5.31. The van der Waals surface area contributed by atoms with Crippen molar-refractivity contribution in [3.05, 3.63) is 55.7 Å². The summed E-state index contributed by atoms with van der Waals surface area (Å²) in [6, 6.07) is 6.39. The first-order chi connectivity index (χ1) is 12.8. The molecule has 0 saturated carbocycles. The van der Waals surface area contributed by atoms with Crippen molar-refractivity contribution in [2.75, 3.05) is 6.61 Å². The lowest BCUT2D eigenvalue weighted by atomic mass is 10.1. The molecule has 142 valence electrons. The average Bonchev–Trinajstić information content (AvgIpc) is 2.63. The Morgan fingerprint density at radius 3 is 2.56 bits per heavy atom. The van der Waals surface area contributed by atoms with Crippen LogP contribution in [0.1, 0.15) is 30.0 Å². The Morgan fingerprint density at radius 2 is 1.96 bits per heavy atom. The fourth-order valence-electron chi connectivity index (χ4n) is 2.21. The molecular formula is C18H12Br2F3NO3. The van der Waals surface area contributed by atoms with Gasteiger partial charge in [0.1, 0.15) is 5.75 Å². The number of nitrogens with zero attached hydrogens (tertiary/aromatic N) is 1. The minimum absolute atomic E-state index is 0.00375. The maximum absolute atomic E-state index is 14.8. The van der Waals surface area contributed by atoms with Crippen LogP contribution in [0.2, 0.25) is 0 Å². The number of esters is 1. The van der Waals surface area contributed by atoms with Crippen LogP contribution in [0.5, 0.6) is 11.5 Å². The maximum Gasteiger partial charge on any atom is 0.310 e. The van der Waals surface area contributed by atoms with Crippen LogP contribution in [0.3, 0.4) is 0 Å². The van der Waals surface area contributed by atoms with E-state index in [0.29, 0.717) is 4.47 Å². The van der Waals surface area contributed by atoms with Crippen molar-refractivity contribution in [1.82, 2.24) is 0 Å². The molecule has 2 aromatic carbocycles. The number of carbonyl (C=O) groups is 1. The van der Waals surface area contributed by atoms with Gasteiger partial charge in [-0.15, -0.1) is 0 Å². The van der Waals surface area contributed by atoms with Gasteiger partial charge in [-0.2, -0.15) is 5.26 Å². The van der Waals surface area contributed by atoms with Crippen LogP contribution in [0.4, 0.5) is 13.2 Å². The van der Waals surface area contributed by atoms with E-state index in [2.05, 4.69) is 31.9 Å². The largest absolute Gasteiger partial charge is 0.466 e. The molecule has 0 amide bonds. The third-order valence-electron chi connectivity index (χ3n) is 3.36. The molecule has 2 rings (SSSR count). The fraction of sp³-hybridized carbons (Fsp3) is 0.222. The van der Waals surface area contributed by atoms with Gasteiger partial charge in [-0.25, -0.2) is 13.2 Å². The van der Waals surface area contributed by atoms with Crippen LogP contribution >= 0.6 is 31.9 Å². The summed E-state index contributed by atoms with van der Waals surface area (Å²) in [6.07, 6.45) is -3.15. The highest BCUT2D eigenvalue weighted by Crippen LogP contribution is 2.40. The molecule has 2 aromatic rings. The molecule has 0 fully saturated rings. The normalized spacial score (nSPS) is 10.6.